The van der Waals surface area contributed by atoms with Gasteiger partial charge in [0.05, 0.1) is 5.52 Å². The second-order valence-corrected chi connectivity index (χ2v) is 12.4. The molecule has 3 amide bonds. The van der Waals surface area contributed by atoms with Gasteiger partial charge in [-0.3, -0.25) is 14.4 Å². The van der Waals surface area contributed by atoms with Crippen molar-refractivity contribution >= 4 is 28.8 Å². The van der Waals surface area contributed by atoms with Crippen LogP contribution in [0, 0.1) is 11.8 Å². The van der Waals surface area contributed by atoms with Crippen LogP contribution in [0.2, 0.25) is 0 Å². The van der Waals surface area contributed by atoms with Crippen LogP contribution in [0.4, 0.5) is 0 Å². The van der Waals surface area contributed by atoms with Crippen LogP contribution in [0.15, 0.2) is 42.5 Å². The van der Waals surface area contributed by atoms with Crippen molar-refractivity contribution in [1.82, 2.24) is 30.5 Å². The number of benzene rings is 2. The van der Waals surface area contributed by atoms with E-state index in [9.17, 15) is 14.4 Å². The molecular formula is C30H38N6O3. The number of amides is 3. The monoisotopic (exact) mass is 530 g/mol. The number of rotatable bonds is 6. The summed E-state index contributed by atoms with van der Waals surface area (Å²) in [7, 11) is 1.79. The molecule has 5 rings (SSSR count). The summed E-state index contributed by atoms with van der Waals surface area (Å²) in [5, 5.41) is 14.4. The number of aromatic nitrogens is 3. The number of carbonyl (C=O) groups is 3. The molecule has 9 nitrogen and oxygen atoms in total. The topological polar surface area (TPSA) is 109 Å². The van der Waals surface area contributed by atoms with E-state index >= 15 is 0 Å². The van der Waals surface area contributed by atoms with Crippen molar-refractivity contribution in [2.75, 3.05) is 0 Å². The minimum Gasteiger partial charge on any atom is -0.349 e. The molecule has 39 heavy (non-hydrogen) atoms. The number of carbonyl (C=O) groups excluding carboxylic acids is 3. The van der Waals surface area contributed by atoms with E-state index in [4.69, 9.17) is 0 Å². The molecule has 2 heterocycles. The summed E-state index contributed by atoms with van der Waals surface area (Å²) in [6.07, 6.45) is 1.87. The average molecular weight is 531 g/mol. The first-order valence-electron chi connectivity index (χ1n) is 13.7. The SMILES string of the molecule is CC(C)CC1C(=O)NC(C2Cc3ccccc3C2)C(=O)N1C(C(=O)NC(C)(C)C)c1ccc2nnn(C)c2c1. The summed E-state index contributed by atoms with van der Waals surface area (Å²) in [6, 6.07) is 11.2. The molecule has 206 valence electrons. The fourth-order valence-corrected chi connectivity index (χ4v) is 5.97. The smallest absolute Gasteiger partial charge is 0.247 e. The lowest BCUT2D eigenvalue weighted by molar-refractivity contribution is -0.158. The molecule has 1 aliphatic heterocycles. The third-order valence-electron chi connectivity index (χ3n) is 7.68. The standard InChI is InChI=1S/C30H38N6O3/c1-17(2)13-24-27(37)31-25(21-14-18-9-7-8-10-19(18)15-21)29(39)36(24)26(28(38)32-30(3,4)5)20-11-12-22-23(16-20)35(6)34-33-22/h7-12,16-17,21,24-26H,13-15H2,1-6H3,(H,31,37)(H,32,38). The van der Waals surface area contributed by atoms with Gasteiger partial charge in [-0.25, -0.2) is 4.68 Å². The normalized spacial score (nSPS) is 20.8. The Balaban J connectivity index is 1.60. The number of aryl methyl sites for hydroxylation is 1. The lowest BCUT2D eigenvalue weighted by Crippen LogP contribution is -2.67. The van der Waals surface area contributed by atoms with Gasteiger partial charge >= 0.3 is 0 Å². The molecule has 3 unspecified atom stereocenters. The predicted molar refractivity (Wildman–Crippen MR) is 149 cm³/mol. The number of piperazine rings is 1. The molecule has 1 aliphatic carbocycles. The number of hydrogen-bond acceptors (Lipinski definition) is 5. The lowest BCUT2D eigenvalue weighted by Gasteiger charge is -2.45. The van der Waals surface area contributed by atoms with Crippen molar-refractivity contribution in [3.63, 3.8) is 0 Å². The van der Waals surface area contributed by atoms with Gasteiger partial charge in [-0.15, -0.1) is 5.10 Å². The summed E-state index contributed by atoms with van der Waals surface area (Å²) >= 11 is 0. The average Bonchev–Trinajstić information content (AvgIpc) is 3.45. The highest BCUT2D eigenvalue weighted by Crippen LogP contribution is 2.36. The van der Waals surface area contributed by atoms with Gasteiger partial charge in [0, 0.05) is 12.6 Å². The zero-order valence-electron chi connectivity index (χ0n) is 23.6. The lowest BCUT2D eigenvalue weighted by atomic mass is 9.87. The zero-order chi connectivity index (χ0) is 28.1. The van der Waals surface area contributed by atoms with Crippen molar-refractivity contribution in [3.8, 4) is 0 Å². The Labute approximate surface area is 229 Å². The molecule has 2 aromatic carbocycles. The first-order chi connectivity index (χ1) is 18.4. The second kappa shape index (κ2) is 10.1. The Bertz CT molecular complexity index is 1400. The van der Waals surface area contributed by atoms with E-state index in [0.717, 1.165) is 5.52 Å². The Morgan fingerprint density at radius 3 is 2.38 bits per heavy atom. The van der Waals surface area contributed by atoms with Crippen LogP contribution < -0.4 is 10.6 Å². The van der Waals surface area contributed by atoms with Crippen LogP contribution in [0.1, 0.15) is 63.8 Å². The first kappa shape index (κ1) is 26.8. The summed E-state index contributed by atoms with van der Waals surface area (Å²) in [4.78, 5) is 43.8. The van der Waals surface area contributed by atoms with Crippen LogP contribution in [0.3, 0.4) is 0 Å². The Morgan fingerprint density at radius 2 is 1.77 bits per heavy atom. The maximum Gasteiger partial charge on any atom is 0.247 e. The second-order valence-electron chi connectivity index (χ2n) is 12.4. The molecule has 0 bridgehead atoms. The van der Waals surface area contributed by atoms with Crippen LogP contribution in [0.5, 0.6) is 0 Å². The summed E-state index contributed by atoms with van der Waals surface area (Å²) < 4.78 is 1.65. The van der Waals surface area contributed by atoms with Gasteiger partial charge in [0.15, 0.2) is 0 Å². The van der Waals surface area contributed by atoms with Crippen molar-refractivity contribution in [3.05, 3.63) is 59.2 Å². The Hall–Kier alpha value is -3.75. The maximum atomic E-state index is 14.5. The predicted octanol–water partition coefficient (Wildman–Crippen LogP) is 3.08. The molecule has 1 fully saturated rings. The number of hydrogen-bond donors (Lipinski definition) is 2. The summed E-state index contributed by atoms with van der Waals surface area (Å²) in [5.74, 6) is -0.673. The highest BCUT2D eigenvalue weighted by molar-refractivity contribution is 6.00. The van der Waals surface area contributed by atoms with Crippen LogP contribution in [-0.2, 0) is 34.3 Å². The van der Waals surface area contributed by atoms with Crippen LogP contribution in [-0.4, -0.2) is 55.2 Å². The molecule has 0 spiro atoms. The molecule has 1 saturated heterocycles. The van der Waals surface area contributed by atoms with E-state index in [2.05, 4.69) is 33.1 Å². The Morgan fingerprint density at radius 1 is 1.10 bits per heavy atom. The molecule has 3 aromatic rings. The minimum atomic E-state index is -0.989. The maximum absolute atomic E-state index is 14.5. The van der Waals surface area contributed by atoms with Gasteiger partial charge < -0.3 is 15.5 Å². The highest BCUT2D eigenvalue weighted by atomic mass is 16.2. The molecule has 2 aliphatic rings. The Kier molecular flexibility index (Phi) is 6.95. The van der Waals surface area contributed by atoms with E-state index in [1.807, 2.05) is 65.0 Å². The van der Waals surface area contributed by atoms with Gasteiger partial charge in [0.25, 0.3) is 0 Å². The van der Waals surface area contributed by atoms with E-state index in [0.29, 0.717) is 30.3 Å². The molecule has 0 saturated carbocycles. The van der Waals surface area contributed by atoms with E-state index in [1.54, 1.807) is 16.6 Å². The van der Waals surface area contributed by atoms with Gasteiger partial charge in [0.1, 0.15) is 23.6 Å². The van der Waals surface area contributed by atoms with E-state index in [1.165, 1.54) is 11.1 Å². The zero-order valence-corrected chi connectivity index (χ0v) is 23.6. The van der Waals surface area contributed by atoms with Gasteiger partial charge in [-0.05, 0) is 80.7 Å². The van der Waals surface area contributed by atoms with Crippen molar-refractivity contribution in [1.29, 1.82) is 0 Å². The first-order valence-corrected chi connectivity index (χ1v) is 13.7. The molecule has 0 radical (unpaired) electrons. The molecule has 2 N–H and O–H groups in total. The molecule has 1 aromatic heterocycles. The van der Waals surface area contributed by atoms with Crippen molar-refractivity contribution < 1.29 is 14.4 Å². The van der Waals surface area contributed by atoms with Gasteiger partial charge in [0.2, 0.25) is 17.7 Å². The number of nitrogens with one attached hydrogen (secondary N) is 2. The van der Waals surface area contributed by atoms with E-state index in [-0.39, 0.29) is 29.6 Å². The van der Waals surface area contributed by atoms with Gasteiger partial charge in [-0.1, -0.05) is 49.4 Å². The highest BCUT2D eigenvalue weighted by Gasteiger charge is 2.49. The molecule has 9 heteroatoms. The van der Waals surface area contributed by atoms with Crippen molar-refractivity contribution in [2.45, 2.75) is 77.5 Å². The minimum absolute atomic E-state index is 0.0727. The third kappa shape index (κ3) is 5.27. The van der Waals surface area contributed by atoms with Crippen LogP contribution in [0.25, 0.3) is 11.0 Å². The third-order valence-corrected chi connectivity index (χ3v) is 7.68. The largest absolute Gasteiger partial charge is 0.349 e. The van der Waals surface area contributed by atoms with E-state index < -0.39 is 23.7 Å². The van der Waals surface area contributed by atoms with Gasteiger partial charge in [-0.2, -0.15) is 0 Å². The van der Waals surface area contributed by atoms with Crippen LogP contribution >= 0.6 is 0 Å². The summed E-state index contributed by atoms with van der Waals surface area (Å²) in [5.41, 5.74) is 3.94. The fraction of sp³-hybridized carbons (Fsp3) is 0.500. The summed E-state index contributed by atoms with van der Waals surface area (Å²) in [6.45, 7) is 9.77. The quantitative estimate of drug-likeness (QED) is 0.509. The number of fused-ring (bicyclic) bond motifs is 2. The fourth-order valence-electron chi connectivity index (χ4n) is 5.97. The number of nitrogens with zero attached hydrogens (tertiary/aromatic N) is 4. The molecule has 3 atom stereocenters. The van der Waals surface area contributed by atoms with Crippen molar-refractivity contribution in [2.24, 2.45) is 18.9 Å². The molecular weight excluding hydrogens is 492 g/mol.